The van der Waals surface area contributed by atoms with E-state index in [1.54, 1.807) is 26.0 Å². The van der Waals surface area contributed by atoms with E-state index in [0.29, 0.717) is 36.8 Å². The van der Waals surface area contributed by atoms with Crippen molar-refractivity contribution >= 4 is 23.5 Å². The summed E-state index contributed by atoms with van der Waals surface area (Å²) in [5, 5.41) is 11.8. The Morgan fingerprint density at radius 1 is 1.06 bits per heavy atom. The summed E-state index contributed by atoms with van der Waals surface area (Å²) in [4.78, 5) is 53.0. The van der Waals surface area contributed by atoms with Gasteiger partial charge in [-0.2, -0.15) is 0 Å². The van der Waals surface area contributed by atoms with Crippen LogP contribution in [0.5, 0.6) is 0 Å². The number of rotatable bonds is 11. The Labute approximate surface area is 321 Å². The molecule has 0 aromatic carbocycles. The highest BCUT2D eigenvalue weighted by molar-refractivity contribution is 6.01. The van der Waals surface area contributed by atoms with Crippen LogP contribution in [0, 0.1) is 34.0 Å². The third kappa shape index (κ3) is 7.12. The molecule has 294 valence electrons. The third-order valence-corrected chi connectivity index (χ3v) is 13.8. The Hall–Kier alpha value is -3.65. The Kier molecular flexibility index (Phi) is 11.9. The molecule has 0 spiro atoms. The molecule has 1 N–H and O–H groups in total. The van der Waals surface area contributed by atoms with Crippen LogP contribution in [0.15, 0.2) is 82.5 Å². The summed E-state index contributed by atoms with van der Waals surface area (Å²) in [6.45, 7) is 17.2. The highest BCUT2D eigenvalue weighted by Gasteiger charge is 2.77. The Bertz CT molecular complexity index is 1770. The van der Waals surface area contributed by atoms with Crippen molar-refractivity contribution in [2.75, 3.05) is 6.61 Å². The van der Waals surface area contributed by atoms with Crippen LogP contribution in [-0.4, -0.2) is 52.6 Å². The molecule has 7 nitrogen and oxygen atoms in total. The fraction of sp³-hybridized carbons (Fsp3) is 0.609. The predicted molar refractivity (Wildman–Crippen MR) is 209 cm³/mol. The minimum absolute atomic E-state index is 0.0832. The summed E-state index contributed by atoms with van der Waals surface area (Å²) in [6.07, 6.45) is 19.4. The molecule has 3 fully saturated rings. The number of alkyl halides is 1. The summed E-state index contributed by atoms with van der Waals surface area (Å²) in [6, 6.07) is 0. The smallest absolute Gasteiger partial charge is 0.331 e. The molecule has 5 aliphatic carbocycles. The first-order valence-corrected chi connectivity index (χ1v) is 19.9. The van der Waals surface area contributed by atoms with Gasteiger partial charge in [0.05, 0.1) is 6.10 Å². The van der Waals surface area contributed by atoms with Crippen LogP contribution in [0.25, 0.3) is 0 Å². The van der Waals surface area contributed by atoms with E-state index in [4.69, 9.17) is 9.47 Å². The molecule has 0 bridgehead atoms. The van der Waals surface area contributed by atoms with E-state index in [0.717, 1.165) is 12.0 Å². The molecule has 0 radical (unpaired) electrons. The van der Waals surface area contributed by atoms with Crippen LogP contribution in [0.3, 0.4) is 0 Å². The first-order valence-electron chi connectivity index (χ1n) is 19.9. The van der Waals surface area contributed by atoms with E-state index in [2.05, 4.69) is 32.9 Å². The molecule has 0 aliphatic heterocycles. The number of aliphatic hydroxyl groups excluding tert-OH is 1. The lowest BCUT2D eigenvalue weighted by Gasteiger charge is -2.62. The molecular weight excluding hydrogens is 683 g/mol. The Morgan fingerprint density at radius 3 is 2.46 bits per heavy atom. The predicted octanol–water partition coefficient (Wildman–Crippen LogP) is 9.33. The zero-order chi connectivity index (χ0) is 39.9. The molecule has 54 heavy (non-hydrogen) atoms. The topological polar surface area (TPSA) is 107 Å². The molecular formula is C46H61FO7. The highest BCUT2D eigenvalue weighted by Crippen LogP contribution is 2.71. The molecule has 3 saturated carbocycles. The number of halogens is 1. The van der Waals surface area contributed by atoms with E-state index in [1.807, 2.05) is 39.8 Å². The monoisotopic (exact) mass is 744 g/mol. The van der Waals surface area contributed by atoms with Crippen molar-refractivity contribution in [2.45, 2.75) is 137 Å². The maximum Gasteiger partial charge on any atom is 0.331 e. The van der Waals surface area contributed by atoms with Gasteiger partial charge in [0, 0.05) is 35.2 Å². The number of Topliss-reactive ketones (excluding diaryl/α,β-unsaturated/α-hetero) is 1. The van der Waals surface area contributed by atoms with E-state index in [-0.39, 0.29) is 24.0 Å². The number of ketones is 2. The van der Waals surface area contributed by atoms with Crippen LogP contribution in [0.4, 0.5) is 4.39 Å². The van der Waals surface area contributed by atoms with Crippen LogP contribution >= 0.6 is 0 Å². The van der Waals surface area contributed by atoms with Gasteiger partial charge in [-0.25, -0.2) is 9.18 Å². The molecule has 0 saturated heterocycles. The Balaban J connectivity index is 1.33. The average Bonchev–Trinajstić information content (AvgIpc) is 3.29. The van der Waals surface area contributed by atoms with Crippen molar-refractivity contribution in [1.82, 2.24) is 0 Å². The number of fused-ring (bicyclic) bond motifs is 5. The number of ether oxygens (including phenoxy) is 2. The number of aliphatic hydroxyl groups is 1. The second-order valence-electron chi connectivity index (χ2n) is 17.8. The molecule has 0 unspecified atom stereocenters. The minimum atomic E-state index is -2.10. The molecule has 0 aromatic rings. The Morgan fingerprint density at radius 2 is 1.78 bits per heavy atom. The average molecular weight is 745 g/mol. The quantitative estimate of drug-likeness (QED) is 0.128. The van der Waals surface area contributed by atoms with Crippen LogP contribution in [0.1, 0.15) is 120 Å². The van der Waals surface area contributed by atoms with Crippen molar-refractivity contribution in [3.8, 4) is 0 Å². The lowest BCUT2D eigenvalue weighted by molar-refractivity contribution is -0.228. The first-order chi connectivity index (χ1) is 25.3. The standard InChI is InChI=1S/C46H61FO7/c1-10-13-40(51)54-46(32(5)25-37-36-20-18-33-26-34(48)21-23-43(33,8)45(36,47)38(49)27-44(37,46)9)39(50)28-53-41(52)24-30(3)15-11-14-29(2)17-19-35-31(4)16-12-22-42(35,6)7/h11,14-15,17,19,21,23-24,26,32,36-38,49H,10,12-13,16,18,20,22,25,27-28H2,1-9H3/t32-,36+,37+,38+,43+,44+,45+,46-/m1/s1. The summed E-state index contributed by atoms with van der Waals surface area (Å²) < 4.78 is 29.5. The van der Waals surface area contributed by atoms with Gasteiger partial charge in [0.15, 0.2) is 23.7 Å². The van der Waals surface area contributed by atoms with Gasteiger partial charge in [0.1, 0.15) is 0 Å². The normalized spacial score (nSPS) is 36.5. The lowest BCUT2D eigenvalue weighted by Crippen LogP contribution is -2.70. The van der Waals surface area contributed by atoms with Crippen LogP contribution in [-0.2, 0) is 28.7 Å². The third-order valence-electron chi connectivity index (χ3n) is 13.8. The molecule has 0 amide bonds. The van der Waals surface area contributed by atoms with Gasteiger partial charge in [-0.3, -0.25) is 14.4 Å². The van der Waals surface area contributed by atoms with Crippen LogP contribution in [0.2, 0.25) is 0 Å². The van der Waals surface area contributed by atoms with E-state index < -0.39 is 70.3 Å². The maximum atomic E-state index is 17.8. The molecule has 0 heterocycles. The van der Waals surface area contributed by atoms with Crippen molar-refractivity contribution in [2.24, 2.45) is 34.0 Å². The maximum absolute atomic E-state index is 17.8. The van der Waals surface area contributed by atoms with Gasteiger partial charge in [0.25, 0.3) is 0 Å². The van der Waals surface area contributed by atoms with Crippen LogP contribution < -0.4 is 0 Å². The second-order valence-corrected chi connectivity index (χ2v) is 17.8. The summed E-state index contributed by atoms with van der Waals surface area (Å²) in [7, 11) is 0. The number of allylic oxidation sites excluding steroid dienone is 13. The molecule has 5 rings (SSSR count). The molecule has 8 atom stereocenters. The van der Waals surface area contributed by atoms with Gasteiger partial charge < -0.3 is 14.6 Å². The van der Waals surface area contributed by atoms with Gasteiger partial charge in [-0.05, 0) is 114 Å². The zero-order valence-corrected chi connectivity index (χ0v) is 33.9. The SMILES string of the molecule is CCCC(=O)O[C@@]1(C(=O)COC(=O)C=C(C)C=CC=C(C)C=CC2=C(C)CCCC2(C)C)[C@H](C)C[C@H]2[C@@H]3CCC4=CC(=O)C=C[C@]4(C)[C@@]3(F)[C@@H](O)C[C@@]21C. The number of carbonyl (C=O) groups excluding carboxylic acids is 4. The molecule has 8 heteroatoms. The summed E-state index contributed by atoms with van der Waals surface area (Å²) >= 11 is 0. The number of carbonyl (C=O) groups is 4. The van der Waals surface area contributed by atoms with Gasteiger partial charge in [-0.15, -0.1) is 0 Å². The molecule has 0 aromatic heterocycles. The van der Waals surface area contributed by atoms with Crippen molar-refractivity contribution in [1.29, 1.82) is 0 Å². The first kappa shape index (κ1) is 41.5. The van der Waals surface area contributed by atoms with Gasteiger partial charge in [-0.1, -0.05) is 87.8 Å². The largest absolute Gasteiger partial charge is 0.454 e. The van der Waals surface area contributed by atoms with Crippen molar-refractivity contribution < 1.29 is 38.1 Å². The van der Waals surface area contributed by atoms with Crippen molar-refractivity contribution in [3.63, 3.8) is 0 Å². The van der Waals surface area contributed by atoms with E-state index in [1.165, 1.54) is 42.2 Å². The minimum Gasteiger partial charge on any atom is -0.454 e. The van der Waals surface area contributed by atoms with Gasteiger partial charge >= 0.3 is 11.9 Å². The van der Waals surface area contributed by atoms with Crippen molar-refractivity contribution in [3.05, 3.63) is 82.5 Å². The highest BCUT2D eigenvalue weighted by atomic mass is 19.1. The fourth-order valence-corrected chi connectivity index (χ4v) is 11.0. The number of hydrogen-bond acceptors (Lipinski definition) is 7. The zero-order valence-electron chi connectivity index (χ0n) is 33.9. The number of hydrogen-bond donors (Lipinski definition) is 1. The fourth-order valence-electron chi connectivity index (χ4n) is 11.0. The van der Waals surface area contributed by atoms with E-state index in [9.17, 15) is 24.3 Å². The lowest BCUT2D eigenvalue weighted by atomic mass is 9.44. The van der Waals surface area contributed by atoms with Gasteiger partial charge in [0.2, 0.25) is 5.78 Å². The summed E-state index contributed by atoms with van der Waals surface area (Å²) in [5.41, 5.74) is -0.815. The summed E-state index contributed by atoms with van der Waals surface area (Å²) in [5.74, 6) is -3.65. The van der Waals surface area contributed by atoms with E-state index >= 15 is 4.39 Å². The second kappa shape index (κ2) is 15.5. The molecule has 5 aliphatic rings. The number of esters is 2.